The molecular formula is C13H16N4O2. The molecule has 6 nitrogen and oxygen atoms in total. The summed E-state index contributed by atoms with van der Waals surface area (Å²) in [5.41, 5.74) is 7.60. The van der Waals surface area contributed by atoms with E-state index in [0.717, 1.165) is 5.69 Å². The summed E-state index contributed by atoms with van der Waals surface area (Å²) in [5, 5.41) is 7.00. The average Bonchev–Trinajstić information content (AvgIpc) is 2.77. The Balaban J connectivity index is 1.96. The van der Waals surface area contributed by atoms with Gasteiger partial charge in [0, 0.05) is 36.8 Å². The Morgan fingerprint density at radius 2 is 2.26 bits per heavy atom. The molecule has 0 aliphatic rings. The summed E-state index contributed by atoms with van der Waals surface area (Å²) >= 11 is 0. The number of carbonyl (C=O) groups is 1. The number of carbonyl (C=O) groups excluding carboxylic acids is 1. The van der Waals surface area contributed by atoms with Crippen LogP contribution in [0.5, 0.6) is 0 Å². The molecule has 0 aliphatic heterocycles. The van der Waals surface area contributed by atoms with Gasteiger partial charge in [0.05, 0.1) is 0 Å². The first kappa shape index (κ1) is 13.1. The lowest BCUT2D eigenvalue weighted by atomic mass is 10.1. The van der Waals surface area contributed by atoms with Crippen molar-refractivity contribution >= 4 is 17.2 Å². The molecule has 1 aromatic carbocycles. The third kappa shape index (κ3) is 3.31. The van der Waals surface area contributed by atoms with Crippen LogP contribution in [0.1, 0.15) is 29.0 Å². The molecule has 0 saturated carbocycles. The van der Waals surface area contributed by atoms with Crippen molar-refractivity contribution < 1.29 is 9.32 Å². The van der Waals surface area contributed by atoms with E-state index in [1.807, 2.05) is 6.07 Å². The van der Waals surface area contributed by atoms with E-state index in [4.69, 9.17) is 10.3 Å². The summed E-state index contributed by atoms with van der Waals surface area (Å²) in [4.78, 5) is 15.5. The van der Waals surface area contributed by atoms with Crippen molar-refractivity contribution in [1.29, 1.82) is 0 Å². The second-order valence-corrected chi connectivity index (χ2v) is 4.26. The third-order valence-corrected chi connectivity index (χ3v) is 2.68. The Labute approximate surface area is 111 Å². The zero-order valence-corrected chi connectivity index (χ0v) is 10.9. The van der Waals surface area contributed by atoms with Crippen LogP contribution in [0.25, 0.3) is 0 Å². The largest absolute Gasteiger partial charge is 0.398 e. The normalized spacial score (nSPS) is 10.4. The van der Waals surface area contributed by atoms with Crippen molar-refractivity contribution in [3.8, 4) is 0 Å². The molecule has 0 radical (unpaired) electrons. The number of Topliss-reactive ketones (excluding diaryl/α,β-unsaturated/α-hetero) is 1. The number of nitrogens with one attached hydrogen (secondary N) is 1. The molecule has 0 saturated heterocycles. The minimum atomic E-state index is -0.0463. The van der Waals surface area contributed by atoms with Gasteiger partial charge in [-0.15, -0.1) is 0 Å². The maximum Gasteiger partial charge on any atom is 0.223 e. The second kappa shape index (κ2) is 5.51. The number of ketones is 1. The quantitative estimate of drug-likeness (QED) is 0.629. The smallest absolute Gasteiger partial charge is 0.223 e. The van der Waals surface area contributed by atoms with Crippen LogP contribution in [-0.4, -0.2) is 22.5 Å². The molecule has 2 aromatic rings. The van der Waals surface area contributed by atoms with Crippen LogP contribution in [0.15, 0.2) is 22.7 Å². The highest BCUT2D eigenvalue weighted by molar-refractivity contribution is 5.99. The van der Waals surface area contributed by atoms with Gasteiger partial charge in [-0.2, -0.15) is 4.98 Å². The predicted octanol–water partition coefficient (Wildman–Crippen LogP) is 1.82. The van der Waals surface area contributed by atoms with Crippen LogP contribution in [0.4, 0.5) is 11.4 Å². The highest BCUT2D eigenvalue weighted by atomic mass is 16.5. The molecule has 6 heteroatoms. The van der Waals surface area contributed by atoms with Gasteiger partial charge >= 0.3 is 0 Å². The molecule has 0 spiro atoms. The maximum atomic E-state index is 11.4. The zero-order chi connectivity index (χ0) is 13.8. The highest BCUT2D eigenvalue weighted by Crippen LogP contribution is 2.18. The standard InChI is InChI=1S/C13H16N4O2/c1-8(18)11-7-10(3-4-12(11)14)15-6-5-13-16-9(2)19-17-13/h3-4,7,15H,5-6,14H2,1-2H3. The van der Waals surface area contributed by atoms with Gasteiger partial charge in [-0.05, 0) is 25.1 Å². The number of nitrogens with zero attached hydrogens (tertiary/aromatic N) is 2. The highest BCUT2D eigenvalue weighted by Gasteiger charge is 2.06. The van der Waals surface area contributed by atoms with Gasteiger partial charge in [0.15, 0.2) is 11.6 Å². The zero-order valence-electron chi connectivity index (χ0n) is 10.9. The average molecular weight is 260 g/mol. The third-order valence-electron chi connectivity index (χ3n) is 2.68. The fraction of sp³-hybridized carbons (Fsp3) is 0.308. The molecular weight excluding hydrogens is 244 g/mol. The van der Waals surface area contributed by atoms with Crippen LogP contribution in [0, 0.1) is 6.92 Å². The summed E-state index contributed by atoms with van der Waals surface area (Å²) < 4.78 is 4.88. The van der Waals surface area contributed by atoms with E-state index in [-0.39, 0.29) is 5.78 Å². The molecule has 19 heavy (non-hydrogen) atoms. The van der Waals surface area contributed by atoms with E-state index in [0.29, 0.717) is 35.9 Å². The summed E-state index contributed by atoms with van der Waals surface area (Å²) in [5.74, 6) is 1.17. The first-order valence-electron chi connectivity index (χ1n) is 6.00. The van der Waals surface area contributed by atoms with Gasteiger partial charge in [0.2, 0.25) is 5.89 Å². The predicted molar refractivity (Wildman–Crippen MR) is 72.1 cm³/mol. The van der Waals surface area contributed by atoms with Crippen LogP contribution in [0.3, 0.4) is 0 Å². The van der Waals surface area contributed by atoms with Crippen LogP contribution in [-0.2, 0) is 6.42 Å². The molecule has 0 fully saturated rings. The Morgan fingerprint density at radius 3 is 2.89 bits per heavy atom. The fourth-order valence-electron chi connectivity index (χ4n) is 1.73. The monoisotopic (exact) mass is 260 g/mol. The Kier molecular flexibility index (Phi) is 3.79. The number of hydrogen-bond acceptors (Lipinski definition) is 6. The molecule has 0 aliphatic carbocycles. The molecule has 100 valence electrons. The van der Waals surface area contributed by atoms with Crippen LogP contribution < -0.4 is 11.1 Å². The number of benzene rings is 1. The Morgan fingerprint density at radius 1 is 1.47 bits per heavy atom. The van der Waals surface area contributed by atoms with E-state index in [2.05, 4.69) is 15.5 Å². The number of aromatic nitrogens is 2. The molecule has 1 heterocycles. The number of hydrogen-bond donors (Lipinski definition) is 2. The first-order chi connectivity index (χ1) is 9.06. The van der Waals surface area contributed by atoms with Crippen molar-refractivity contribution in [1.82, 2.24) is 10.1 Å². The van der Waals surface area contributed by atoms with Crippen molar-refractivity contribution in [2.45, 2.75) is 20.3 Å². The molecule has 1 aromatic heterocycles. The maximum absolute atomic E-state index is 11.4. The molecule has 3 N–H and O–H groups in total. The minimum absolute atomic E-state index is 0.0463. The number of nitrogen functional groups attached to an aromatic ring is 1. The summed E-state index contributed by atoms with van der Waals surface area (Å²) in [6.45, 7) is 3.90. The lowest BCUT2D eigenvalue weighted by molar-refractivity contribution is 0.101. The first-order valence-corrected chi connectivity index (χ1v) is 6.00. The SMILES string of the molecule is CC(=O)c1cc(NCCc2noc(C)n2)ccc1N. The van der Waals surface area contributed by atoms with Gasteiger partial charge in [-0.1, -0.05) is 5.16 Å². The molecule has 0 bridgehead atoms. The fourth-order valence-corrected chi connectivity index (χ4v) is 1.73. The van der Waals surface area contributed by atoms with Gasteiger partial charge < -0.3 is 15.6 Å². The van der Waals surface area contributed by atoms with Crippen molar-refractivity contribution in [3.05, 3.63) is 35.5 Å². The van der Waals surface area contributed by atoms with Crippen molar-refractivity contribution in [3.63, 3.8) is 0 Å². The van der Waals surface area contributed by atoms with E-state index in [9.17, 15) is 4.79 Å². The molecule has 0 atom stereocenters. The van der Waals surface area contributed by atoms with Gasteiger partial charge in [0.25, 0.3) is 0 Å². The molecule has 2 rings (SSSR count). The Hall–Kier alpha value is -2.37. The molecule has 0 unspecified atom stereocenters. The van der Waals surface area contributed by atoms with Gasteiger partial charge in [-0.3, -0.25) is 4.79 Å². The van der Waals surface area contributed by atoms with Crippen LogP contribution in [0.2, 0.25) is 0 Å². The number of anilines is 2. The van der Waals surface area contributed by atoms with Gasteiger partial charge in [0.1, 0.15) is 0 Å². The topological polar surface area (TPSA) is 94.0 Å². The number of aryl methyl sites for hydroxylation is 1. The summed E-state index contributed by atoms with van der Waals surface area (Å²) in [6, 6.07) is 5.31. The Bertz CT molecular complexity index is 592. The van der Waals surface area contributed by atoms with E-state index < -0.39 is 0 Å². The second-order valence-electron chi connectivity index (χ2n) is 4.26. The van der Waals surface area contributed by atoms with Crippen molar-refractivity contribution in [2.75, 3.05) is 17.6 Å². The lowest BCUT2D eigenvalue weighted by Gasteiger charge is -2.08. The molecule has 0 amide bonds. The lowest BCUT2D eigenvalue weighted by Crippen LogP contribution is -2.07. The number of rotatable bonds is 5. The summed E-state index contributed by atoms with van der Waals surface area (Å²) in [7, 11) is 0. The minimum Gasteiger partial charge on any atom is -0.398 e. The number of nitrogens with two attached hydrogens (primary N) is 1. The summed E-state index contributed by atoms with van der Waals surface area (Å²) in [6.07, 6.45) is 0.650. The van der Waals surface area contributed by atoms with E-state index in [1.54, 1.807) is 19.1 Å². The van der Waals surface area contributed by atoms with E-state index >= 15 is 0 Å². The van der Waals surface area contributed by atoms with E-state index in [1.165, 1.54) is 6.92 Å². The van der Waals surface area contributed by atoms with Crippen molar-refractivity contribution in [2.24, 2.45) is 0 Å². The van der Waals surface area contributed by atoms with Crippen LogP contribution >= 0.6 is 0 Å². The van der Waals surface area contributed by atoms with Gasteiger partial charge in [-0.25, -0.2) is 0 Å².